The Morgan fingerprint density at radius 3 is 2.81 bits per heavy atom. The number of carbonyl (C=O) groups excluding carboxylic acids is 1. The van der Waals surface area contributed by atoms with E-state index in [0.717, 1.165) is 30.7 Å². The number of nitrogens with one attached hydrogen (secondary N) is 1. The lowest BCUT2D eigenvalue weighted by Crippen LogP contribution is -2.27. The molecule has 1 N–H and O–H groups in total. The molecule has 0 aromatic heterocycles. The third-order valence-corrected chi connectivity index (χ3v) is 3.18. The van der Waals surface area contributed by atoms with Crippen molar-refractivity contribution in [3.63, 3.8) is 0 Å². The van der Waals surface area contributed by atoms with Gasteiger partial charge in [0.2, 0.25) is 0 Å². The van der Waals surface area contributed by atoms with Gasteiger partial charge in [-0.25, -0.2) is 0 Å². The zero-order chi connectivity index (χ0) is 11.6. The summed E-state index contributed by atoms with van der Waals surface area (Å²) < 4.78 is 5.13. The van der Waals surface area contributed by atoms with Gasteiger partial charge < -0.3 is 10.1 Å². The van der Waals surface area contributed by atoms with E-state index in [2.05, 4.69) is 5.32 Å². The number of methoxy groups -OCH3 is 1. The first-order valence-corrected chi connectivity index (χ1v) is 5.55. The highest BCUT2D eigenvalue weighted by molar-refractivity contribution is 6.02. The van der Waals surface area contributed by atoms with Crippen LogP contribution in [0.15, 0.2) is 24.3 Å². The summed E-state index contributed by atoms with van der Waals surface area (Å²) in [5.41, 5.74) is 0.605. The van der Waals surface area contributed by atoms with Gasteiger partial charge >= 0.3 is 0 Å². The molecule has 1 fully saturated rings. The Kier molecular flexibility index (Phi) is 2.97. The third-order valence-electron chi connectivity index (χ3n) is 3.18. The molecule has 3 heteroatoms. The predicted octanol–water partition coefficient (Wildman–Crippen LogP) is 1.88. The van der Waals surface area contributed by atoms with E-state index in [1.165, 1.54) is 0 Å². The van der Waals surface area contributed by atoms with Crippen molar-refractivity contribution in [1.82, 2.24) is 5.32 Å². The van der Waals surface area contributed by atoms with E-state index in [0.29, 0.717) is 0 Å². The van der Waals surface area contributed by atoms with Gasteiger partial charge in [-0.3, -0.25) is 4.79 Å². The number of hydrogen-bond acceptors (Lipinski definition) is 3. The minimum atomic E-state index is -0.152. The molecule has 0 amide bonds. The van der Waals surface area contributed by atoms with Crippen molar-refractivity contribution in [2.75, 3.05) is 20.7 Å². The van der Waals surface area contributed by atoms with E-state index in [1.54, 1.807) is 7.11 Å². The van der Waals surface area contributed by atoms with E-state index >= 15 is 0 Å². The van der Waals surface area contributed by atoms with Crippen molar-refractivity contribution in [1.29, 1.82) is 0 Å². The van der Waals surface area contributed by atoms with Crippen molar-refractivity contribution < 1.29 is 9.53 Å². The summed E-state index contributed by atoms with van der Waals surface area (Å²) in [4.78, 5) is 12.3. The molecular weight excluding hydrogens is 202 g/mol. The van der Waals surface area contributed by atoms with E-state index in [9.17, 15) is 4.79 Å². The molecule has 86 valence electrons. The maximum absolute atomic E-state index is 12.3. The van der Waals surface area contributed by atoms with Gasteiger partial charge in [-0.15, -0.1) is 0 Å². The average Bonchev–Trinajstić information content (AvgIpc) is 3.10. The van der Waals surface area contributed by atoms with Crippen LogP contribution in [0.3, 0.4) is 0 Å². The minimum absolute atomic E-state index is 0.152. The predicted molar refractivity (Wildman–Crippen MR) is 62.9 cm³/mol. The first-order valence-electron chi connectivity index (χ1n) is 5.55. The van der Waals surface area contributed by atoms with Crippen molar-refractivity contribution in [2.24, 2.45) is 5.41 Å². The second-order valence-electron chi connectivity index (χ2n) is 4.37. The standard InChI is InChI=1S/C13H17NO2/c1-14-9-13(6-7-13)12(15)10-4-3-5-11(8-10)16-2/h3-5,8,14H,6-7,9H2,1-2H3. The Morgan fingerprint density at radius 2 is 2.25 bits per heavy atom. The highest BCUT2D eigenvalue weighted by Crippen LogP contribution is 2.47. The van der Waals surface area contributed by atoms with Crippen LogP contribution in [0.5, 0.6) is 5.75 Å². The summed E-state index contributed by atoms with van der Waals surface area (Å²) >= 11 is 0. The molecular formula is C13H17NO2. The third kappa shape index (κ3) is 1.95. The number of ether oxygens (including phenoxy) is 1. The van der Waals surface area contributed by atoms with E-state index < -0.39 is 0 Å². The number of Topliss-reactive ketones (excluding diaryl/α,β-unsaturated/α-hetero) is 1. The van der Waals surface area contributed by atoms with Gasteiger partial charge in [0.15, 0.2) is 5.78 Å². The monoisotopic (exact) mass is 219 g/mol. The maximum Gasteiger partial charge on any atom is 0.170 e. The number of ketones is 1. The molecule has 1 aromatic carbocycles. The highest BCUT2D eigenvalue weighted by atomic mass is 16.5. The van der Waals surface area contributed by atoms with E-state index in [1.807, 2.05) is 31.3 Å². The largest absolute Gasteiger partial charge is 0.497 e. The minimum Gasteiger partial charge on any atom is -0.497 e. The molecule has 16 heavy (non-hydrogen) atoms. The summed E-state index contributed by atoms with van der Waals surface area (Å²) in [5.74, 6) is 0.979. The zero-order valence-corrected chi connectivity index (χ0v) is 9.75. The summed E-state index contributed by atoms with van der Waals surface area (Å²) in [6.45, 7) is 0.767. The molecule has 0 atom stereocenters. The van der Waals surface area contributed by atoms with E-state index in [-0.39, 0.29) is 11.2 Å². The molecule has 0 bridgehead atoms. The first kappa shape index (κ1) is 11.1. The molecule has 1 aliphatic rings. The topological polar surface area (TPSA) is 38.3 Å². The molecule has 0 spiro atoms. The molecule has 1 aliphatic carbocycles. The fourth-order valence-corrected chi connectivity index (χ4v) is 2.04. The van der Waals surface area contributed by atoms with Crippen LogP contribution in [0.4, 0.5) is 0 Å². The Bertz CT molecular complexity index is 397. The van der Waals surface area contributed by atoms with Crippen LogP contribution in [0.2, 0.25) is 0 Å². The Morgan fingerprint density at radius 1 is 1.50 bits per heavy atom. The summed E-state index contributed by atoms with van der Waals surface area (Å²) in [5, 5.41) is 3.10. The van der Waals surface area contributed by atoms with E-state index in [4.69, 9.17) is 4.74 Å². The first-order chi connectivity index (χ1) is 7.72. The molecule has 3 nitrogen and oxygen atoms in total. The van der Waals surface area contributed by atoms with Crippen LogP contribution in [0.25, 0.3) is 0 Å². The van der Waals surface area contributed by atoms with Gasteiger partial charge in [0.25, 0.3) is 0 Å². The number of carbonyl (C=O) groups is 1. The number of hydrogen-bond donors (Lipinski definition) is 1. The average molecular weight is 219 g/mol. The number of benzene rings is 1. The zero-order valence-electron chi connectivity index (χ0n) is 9.75. The molecule has 0 saturated heterocycles. The van der Waals surface area contributed by atoms with Crippen molar-refractivity contribution in [3.05, 3.63) is 29.8 Å². The van der Waals surface area contributed by atoms with Crippen LogP contribution in [-0.4, -0.2) is 26.5 Å². The lowest BCUT2D eigenvalue weighted by atomic mass is 9.94. The van der Waals surface area contributed by atoms with Gasteiger partial charge in [0.1, 0.15) is 5.75 Å². The van der Waals surface area contributed by atoms with Crippen LogP contribution >= 0.6 is 0 Å². The Hall–Kier alpha value is -1.35. The summed E-state index contributed by atoms with van der Waals surface area (Å²) in [6, 6.07) is 7.40. The lowest BCUT2D eigenvalue weighted by molar-refractivity contribution is 0.0900. The molecule has 1 aromatic rings. The van der Waals surface area contributed by atoms with Crippen molar-refractivity contribution in [3.8, 4) is 5.75 Å². The SMILES string of the molecule is CNCC1(C(=O)c2cccc(OC)c2)CC1. The second-order valence-corrected chi connectivity index (χ2v) is 4.37. The van der Waals surface area contributed by atoms with Crippen LogP contribution in [0.1, 0.15) is 23.2 Å². The van der Waals surface area contributed by atoms with Crippen LogP contribution in [-0.2, 0) is 0 Å². The normalized spacial score (nSPS) is 16.9. The maximum atomic E-state index is 12.3. The van der Waals surface area contributed by atoms with Crippen molar-refractivity contribution >= 4 is 5.78 Å². The summed E-state index contributed by atoms with van der Waals surface area (Å²) in [6.07, 6.45) is 1.98. The molecule has 0 unspecified atom stereocenters. The smallest absolute Gasteiger partial charge is 0.170 e. The van der Waals surface area contributed by atoms with Gasteiger partial charge in [0.05, 0.1) is 7.11 Å². The van der Waals surface area contributed by atoms with Gasteiger partial charge in [-0.1, -0.05) is 12.1 Å². The molecule has 2 rings (SSSR count). The molecule has 0 aliphatic heterocycles. The number of rotatable bonds is 5. The lowest BCUT2D eigenvalue weighted by Gasteiger charge is -2.13. The van der Waals surface area contributed by atoms with Gasteiger partial charge in [0, 0.05) is 17.5 Å². The van der Waals surface area contributed by atoms with Crippen molar-refractivity contribution in [2.45, 2.75) is 12.8 Å². The van der Waals surface area contributed by atoms with Gasteiger partial charge in [-0.2, -0.15) is 0 Å². The molecule has 1 saturated carbocycles. The van der Waals surface area contributed by atoms with Crippen LogP contribution < -0.4 is 10.1 Å². The second kappa shape index (κ2) is 4.26. The molecule has 0 radical (unpaired) electrons. The summed E-state index contributed by atoms with van der Waals surface area (Å²) in [7, 11) is 3.50. The Labute approximate surface area is 95.8 Å². The fourth-order valence-electron chi connectivity index (χ4n) is 2.04. The Balaban J connectivity index is 2.20. The van der Waals surface area contributed by atoms with Gasteiger partial charge in [-0.05, 0) is 32.0 Å². The quantitative estimate of drug-likeness (QED) is 0.768. The molecule has 0 heterocycles. The van der Waals surface area contributed by atoms with Crippen LogP contribution in [0, 0.1) is 5.41 Å². The highest BCUT2D eigenvalue weighted by Gasteiger charge is 2.49. The fraction of sp³-hybridized carbons (Fsp3) is 0.462.